The van der Waals surface area contributed by atoms with Gasteiger partial charge in [0.1, 0.15) is 11.2 Å². The molecule has 2 aromatic rings. The highest BCUT2D eigenvalue weighted by Crippen LogP contribution is 2.60. The minimum Gasteiger partial charge on any atom is -0.338 e. The van der Waals surface area contributed by atoms with E-state index in [1.807, 2.05) is 6.07 Å². The Labute approximate surface area is 240 Å². The maximum absolute atomic E-state index is 15.8. The largest absolute Gasteiger partial charge is 0.338 e. The second-order valence-electron chi connectivity index (χ2n) is 12.4. The van der Waals surface area contributed by atoms with Crippen molar-refractivity contribution in [2.24, 2.45) is 17.3 Å². The lowest BCUT2D eigenvalue weighted by molar-refractivity contribution is -0.123. The summed E-state index contributed by atoms with van der Waals surface area (Å²) in [7, 11) is 0. The summed E-state index contributed by atoms with van der Waals surface area (Å²) in [6.45, 7) is 9.18. The van der Waals surface area contributed by atoms with Gasteiger partial charge in [0, 0.05) is 29.4 Å². The Kier molecular flexibility index (Phi) is 7.88. The van der Waals surface area contributed by atoms with Crippen molar-refractivity contribution in [1.29, 1.82) is 0 Å². The van der Waals surface area contributed by atoms with E-state index in [2.05, 4.69) is 36.7 Å². The summed E-state index contributed by atoms with van der Waals surface area (Å²) in [6.07, 6.45) is 3.72. The predicted octanol–water partition coefficient (Wildman–Crippen LogP) is 6.53. The number of nitrogens with one attached hydrogen (secondary N) is 3. The van der Waals surface area contributed by atoms with Gasteiger partial charge in [-0.25, -0.2) is 9.18 Å². The van der Waals surface area contributed by atoms with Gasteiger partial charge in [0.25, 0.3) is 0 Å². The van der Waals surface area contributed by atoms with Gasteiger partial charge in [0.05, 0.1) is 11.1 Å². The minimum atomic E-state index is -1.20. The molecule has 3 amide bonds. The summed E-state index contributed by atoms with van der Waals surface area (Å²) in [5.74, 6) is -0.562. The van der Waals surface area contributed by atoms with Crippen molar-refractivity contribution in [3.8, 4) is 0 Å². The van der Waals surface area contributed by atoms with Crippen molar-refractivity contribution in [3.05, 3.63) is 63.4 Å². The first-order chi connectivity index (χ1) is 18.5. The summed E-state index contributed by atoms with van der Waals surface area (Å²) in [4.78, 5) is 29.7. The lowest BCUT2D eigenvalue weighted by atomic mass is 9.63. The Bertz CT molecular complexity index is 1260. The number of hydrogen-bond donors (Lipinski definition) is 3. The van der Waals surface area contributed by atoms with Gasteiger partial charge in [-0.3, -0.25) is 4.79 Å². The Morgan fingerprint density at radius 1 is 1.18 bits per heavy atom. The SMILES string of the molecule is CC(C)(C)CC1CN(C(=O)NCCC2CCNCC2)C(c2cccc(Cl)c2F)C12C(=O)Nc1cc(Cl)ccc12. The molecule has 6 nitrogen and oxygen atoms in total. The van der Waals surface area contributed by atoms with Crippen LogP contribution in [0.4, 0.5) is 14.9 Å². The Morgan fingerprint density at radius 3 is 2.64 bits per heavy atom. The molecule has 0 saturated carbocycles. The zero-order chi connectivity index (χ0) is 27.9. The van der Waals surface area contributed by atoms with Gasteiger partial charge in [-0.05, 0) is 79.8 Å². The summed E-state index contributed by atoms with van der Waals surface area (Å²) in [5.41, 5.74) is 0.231. The average Bonchev–Trinajstić information content (AvgIpc) is 3.35. The molecular weight excluding hydrogens is 538 g/mol. The standard InChI is InChI=1S/C30H37Cl2FN4O2/c1-29(2,3)16-19-17-37(28(39)35-14-11-18-9-12-34-13-10-18)26(21-5-4-6-23(32)25(21)33)30(19)22-8-7-20(31)15-24(22)36-27(30)38/h4-8,15,18-19,26,34H,9-14,16-17H2,1-3H3,(H,35,39)(H,36,38). The summed E-state index contributed by atoms with van der Waals surface area (Å²) >= 11 is 12.6. The van der Waals surface area contributed by atoms with Crippen molar-refractivity contribution in [2.75, 3.05) is 31.5 Å². The van der Waals surface area contributed by atoms with Gasteiger partial charge in [-0.2, -0.15) is 0 Å². The molecule has 2 aromatic carbocycles. The van der Waals surface area contributed by atoms with E-state index in [1.54, 1.807) is 29.2 Å². The fraction of sp³-hybridized carbons (Fsp3) is 0.533. The highest BCUT2D eigenvalue weighted by molar-refractivity contribution is 6.31. The highest BCUT2D eigenvalue weighted by Gasteiger charge is 2.65. The third-order valence-electron chi connectivity index (χ3n) is 8.54. The molecule has 0 aliphatic carbocycles. The maximum Gasteiger partial charge on any atom is 0.317 e. The zero-order valence-corrected chi connectivity index (χ0v) is 24.3. The number of fused-ring (bicyclic) bond motifs is 2. The van der Waals surface area contributed by atoms with Crippen molar-refractivity contribution >= 4 is 40.8 Å². The van der Waals surface area contributed by atoms with Crippen LogP contribution in [-0.4, -0.2) is 43.0 Å². The molecule has 9 heteroatoms. The Morgan fingerprint density at radius 2 is 1.92 bits per heavy atom. The lowest BCUT2D eigenvalue weighted by Gasteiger charge is -2.38. The molecule has 2 fully saturated rings. The van der Waals surface area contributed by atoms with E-state index in [-0.39, 0.29) is 33.9 Å². The molecule has 210 valence electrons. The first-order valence-electron chi connectivity index (χ1n) is 13.8. The van der Waals surface area contributed by atoms with Crippen LogP contribution in [0.3, 0.4) is 0 Å². The van der Waals surface area contributed by atoms with Crippen LogP contribution in [0.25, 0.3) is 0 Å². The second-order valence-corrected chi connectivity index (χ2v) is 13.2. The Balaban J connectivity index is 1.59. The van der Waals surface area contributed by atoms with Crippen LogP contribution in [0.5, 0.6) is 0 Å². The third kappa shape index (κ3) is 5.25. The number of amides is 3. The minimum absolute atomic E-state index is 0.0390. The maximum atomic E-state index is 15.8. The molecule has 3 aliphatic rings. The molecule has 5 rings (SSSR count). The monoisotopic (exact) mass is 574 g/mol. The number of benzene rings is 2. The van der Waals surface area contributed by atoms with Crippen LogP contribution in [0.1, 0.15) is 63.6 Å². The first-order valence-corrected chi connectivity index (χ1v) is 14.6. The fourth-order valence-electron chi connectivity index (χ4n) is 6.93. The summed E-state index contributed by atoms with van der Waals surface area (Å²) in [5, 5.41) is 9.95. The highest BCUT2D eigenvalue weighted by atomic mass is 35.5. The zero-order valence-electron chi connectivity index (χ0n) is 22.8. The van der Waals surface area contributed by atoms with E-state index < -0.39 is 17.3 Å². The van der Waals surface area contributed by atoms with E-state index in [9.17, 15) is 9.59 Å². The van der Waals surface area contributed by atoms with Crippen LogP contribution in [-0.2, 0) is 10.2 Å². The molecule has 3 atom stereocenters. The van der Waals surface area contributed by atoms with Crippen molar-refractivity contribution in [1.82, 2.24) is 15.5 Å². The number of halogens is 3. The van der Waals surface area contributed by atoms with Crippen molar-refractivity contribution in [2.45, 2.75) is 57.9 Å². The number of carbonyl (C=O) groups is 2. The number of likely N-dealkylation sites (tertiary alicyclic amines) is 1. The van der Waals surface area contributed by atoms with Crippen LogP contribution in [0.15, 0.2) is 36.4 Å². The molecule has 2 saturated heterocycles. The van der Waals surface area contributed by atoms with E-state index in [0.717, 1.165) is 37.9 Å². The number of anilines is 1. The number of nitrogens with zero attached hydrogens (tertiary/aromatic N) is 1. The van der Waals surface area contributed by atoms with Crippen molar-refractivity contribution in [3.63, 3.8) is 0 Å². The van der Waals surface area contributed by atoms with E-state index in [1.165, 1.54) is 6.07 Å². The summed E-state index contributed by atoms with van der Waals surface area (Å²) in [6, 6.07) is 8.95. The number of carbonyl (C=O) groups excluding carboxylic acids is 2. The molecule has 1 spiro atoms. The molecule has 3 N–H and O–H groups in total. The van der Waals surface area contributed by atoms with E-state index in [4.69, 9.17) is 23.2 Å². The fourth-order valence-corrected chi connectivity index (χ4v) is 7.28. The number of urea groups is 1. The molecule has 0 aromatic heterocycles. The van der Waals surface area contributed by atoms with Crippen LogP contribution in [0, 0.1) is 23.1 Å². The Hall–Kier alpha value is -2.35. The van der Waals surface area contributed by atoms with Crippen molar-refractivity contribution < 1.29 is 14.0 Å². The number of piperidine rings is 1. The second kappa shape index (κ2) is 10.9. The third-order valence-corrected chi connectivity index (χ3v) is 9.07. The lowest BCUT2D eigenvalue weighted by Crippen LogP contribution is -2.48. The quantitative estimate of drug-likeness (QED) is 0.380. The molecule has 3 aliphatic heterocycles. The van der Waals surface area contributed by atoms with E-state index >= 15 is 4.39 Å². The van der Waals surface area contributed by atoms with Crippen LogP contribution < -0.4 is 16.0 Å². The molecular formula is C30H37Cl2FN4O2. The van der Waals surface area contributed by atoms with Gasteiger partial charge >= 0.3 is 6.03 Å². The molecule has 3 unspecified atom stereocenters. The average molecular weight is 576 g/mol. The van der Waals surface area contributed by atoms with E-state index in [0.29, 0.717) is 36.1 Å². The summed E-state index contributed by atoms with van der Waals surface area (Å²) < 4.78 is 15.8. The first kappa shape index (κ1) is 28.2. The normalized spacial score (nSPS) is 25.2. The van der Waals surface area contributed by atoms with Crippen LogP contribution >= 0.6 is 23.2 Å². The van der Waals surface area contributed by atoms with Gasteiger partial charge < -0.3 is 20.9 Å². The number of hydrogen-bond acceptors (Lipinski definition) is 3. The van der Waals surface area contributed by atoms with Gasteiger partial charge in [0.2, 0.25) is 5.91 Å². The smallest absolute Gasteiger partial charge is 0.317 e. The molecule has 39 heavy (non-hydrogen) atoms. The predicted molar refractivity (Wildman–Crippen MR) is 154 cm³/mol. The topological polar surface area (TPSA) is 73.5 Å². The van der Waals surface area contributed by atoms with Gasteiger partial charge in [-0.1, -0.05) is 62.2 Å². The molecule has 0 radical (unpaired) electrons. The van der Waals surface area contributed by atoms with Gasteiger partial charge in [0.15, 0.2) is 0 Å². The molecule has 3 heterocycles. The van der Waals surface area contributed by atoms with Gasteiger partial charge in [-0.15, -0.1) is 0 Å². The van der Waals surface area contributed by atoms with Crippen LogP contribution in [0.2, 0.25) is 10.0 Å². The number of rotatable bonds is 5. The molecule has 0 bridgehead atoms.